The Balaban J connectivity index is 2.41. The first-order valence-electron chi connectivity index (χ1n) is 16.1. The van der Waals surface area contributed by atoms with E-state index < -0.39 is 78.1 Å². The Hall–Kier alpha value is -5.03. The number of H-pyrrole nitrogens is 1. The largest absolute Gasteiger partial charge is 0.481 e. The number of carbonyl (C=O) groups excluding carboxylic acids is 5. The number of hydrogen-bond donors (Lipinski definition) is 10. The predicted octanol–water partition coefficient (Wildman–Crippen LogP) is -1.02. The van der Waals surface area contributed by atoms with Crippen LogP contribution in [0.25, 0.3) is 10.9 Å². The van der Waals surface area contributed by atoms with E-state index in [2.05, 4.69) is 26.3 Å². The number of nitrogens with one attached hydrogen (secondary N) is 5. The number of unbranched alkanes of at least 4 members (excludes halogenated alkanes) is 1. The van der Waals surface area contributed by atoms with Gasteiger partial charge in [-0.15, -0.1) is 0 Å². The zero-order chi connectivity index (χ0) is 36.7. The molecule has 0 radical (unpaired) electrons. The molecule has 0 aliphatic carbocycles. The zero-order valence-corrected chi connectivity index (χ0v) is 27.7. The molecule has 270 valence electrons. The van der Waals surface area contributed by atoms with Gasteiger partial charge in [0.25, 0.3) is 0 Å². The molecule has 17 heteroatoms. The van der Waals surface area contributed by atoms with E-state index in [0.717, 1.165) is 10.9 Å². The number of carboxylic acids is 2. The molecule has 0 spiro atoms. The van der Waals surface area contributed by atoms with Crippen LogP contribution in [0.1, 0.15) is 64.4 Å². The minimum Gasteiger partial charge on any atom is -0.481 e. The van der Waals surface area contributed by atoms with Crippen molar-refractivity contribution in [3.63, 3.8) is 0 Å². The quantitative estimate of drug-likeness (QED) is 0.0668. The van der Waals surface area contributed by atoms with E-state index in [0.29, 0.717) is 24.9 Å². The molecule has 0 aliphatic rings. The maximum absolute atomic E-state index is 13.9. The van der Waals surface area contributed by atoms with Crippen molar-refractivity contribution >= 4 is 52.4 Å². The fourth-order valence-corrected chi connectivity index (χ4v) is 5.11. The van der Waals surface area contributed by atoms with Crippen molar-refractivity contribution < 1.29 is 43.8 Å². The standard InChI is InChI=1S/C32H48N8O9/c1-17(2)13-24(39-28(44)20(34)15-27(42)43)30(46)40-25(14-18-16-36-21-8-4-3-7-19(18)21)31(47)37-22(10-11-26(35)41)29(45)38-23(32(48)49)9-5-6-12-33/h3-4,7-8,16-17,20,22-25,36H,5-6,9-15,33-34H2,1-2H3,(H2,35,41)(H,37,47)(H,38,45)(H,39,44)(H,40,46)(H,42,43)(H,48,49). The predicted molar refractivity (Wildman–Crippen MR) is 178 cm³/mol. The Kier molecular flexibility index (Phi) is 16.1. The number of primary amides is 1. The monoisotopic (exact) mass is 688 g/mol. The van der Waals surface area contributed by atoms with Crippen LogP contribution in [0.15, 0.2) is 30.5 Å². The van der Waals surface area contributed by atoms with Crippen LogP contribution in [0.2, 0.25) is 0 Å². The third kappa shape index (κ3) is 13.5. The molecule has 0 aliphatic heterocycles. The van der Waals surface area contributed by atoms with Gasteiger partial charge in [-0.1, -0.05) is 32.0 Å². The van der Waals surface area contributed by atoms with Crippen LogP contribution in [0.5, 0.6) is 0 Å². The molecule has 0 saturated carbocycles. The fraction of sp³-hybridized carbons (Fsp3) is 0.531. The van der Waals surface area contributed by atoms with Gasteiger partial charge in [-0.3, -0.25) is 28.8 Å². The van der Waals surface area contributed by atoms with Gasteiger partial charge in [-0.2, -0.15) is 0 Å². The van der Waals surface area contributed by atoms with E-state index in [1.165, 1.54) is 0 Å². The van der Waals surface area contributed by atoms with Crippen molar-refractivity contribution in [3.05, 3.63) is 36.0 Å². The molecule has 1 aromatic heterocycles. The van der Waals surface area contributed by atoms with Crippen molar-refractivity contribution in [1.29, 1.82) is 0 Å². The fourth-order valence-electron chi connectivity index (χ4n) is 5.11. The first kappa shape index (κ1) is 40.1. The Labute approximate surface area is 283 Å². The smallest absolute Gasteiger partial charge is 0.326 e. The average molecular weight is 689 g/mol. The molecule has 1 aromatic carbocycles. The molecular weight excluding hydrogens is 640 g/mol. The lowest BCUT2D eigenvalue weighted by Gasteiger charge is -2.27. The third-order valence-corrected chi connectivity index (χ3v) is 7.68. The van der Waals surface area contributed by atoms with Crippen LogP contribution in [0.4, 0.5) is 0 Å². The van der Waals surface area contributed by atoms with Crippen molar-refractivity contribution in [2.45, 2.75) is 95.4 Å². The number of nitrogens with two attached hydrogens (primary N) is 3. The summed E-state index contributed by atoms with van der Waals surface area (Å²) in [6, 6.07) is 0.560. The van der Waals surface area contributed by atoms with Gasteiger partial charge in [-0.05, 0) is 56.2 Å². The van der Waals surface area contributed by atoms with Crippen LogP contribution < -0.4 is 38.5 Å². The molecule has 17 nitrogen and oxygen atoms in total. The first-order valence-corrected chi connectivity index (χ1v) is 16.1. The third-order valence-electron chi connectivity index (χ3n) is 7.68. The minimum absolute atomic E-state index is 0.0765. The SMILES string of the molecule is CC(C)CC(NC(=O)C(N)CC(=O)O)C(=O)NC(Cc1c[nH]c2ccccc12)C(=O)NC(CCC(N)=O)C(=O)NC(CCCCN)C(=O)O. The summed E-state index contributed by atoms with van der Waals surface area (Å²) in [5, 5.41) is 29.5. The summed E-state index contributed by atoms with van der Waals surface area (Å²) in [5.41, 5.74) is 17.9. The number of fused-ring (bicyclic) bond motifs is 1. The molecule has 13 N–H and O–H groups in total. The summed E-state index contributed by atoms with van der Waals surface area (Å²) < 4.78 is 0. The van der Waals surface area contributed by atoms with Crippen molar-refractivity contribution in [2.24, 2.45) is 23.1 Å². The Bertz CT molecular complexity index is 1480. The van der Waals surface area contributed by atoms with Crippen molar-refractivity contribution in [1.82, 2.24) is 26.3 Å². The molecule has 0 saturated heterocycles. The average Bonchev–Trinajstić information content (AvgIpc) is 3.43. The first-order chi connectivity index (χ1) is 23.1. The molecule has 1 heterocycles. The summed E-state index contributed by atoms with van der Waals surface area (Å²) in [4.78, 5) is 91.2. The van der Waals surface area contributed by atoms with E-state index in [4.69, 9.17) is 22.3 Å². The molecule has 5 amide bonds. The molecule has 5 atom stereocenters. The van der Waals surface area contributed by atoms with Gasteiger partial charge in [0, 0.05) is 29.9 Å². The number of aromatic amines is 1. The van der Waals surface area contributed by atoms with Crippen molar-refractivity contribution in [3.8, 4) is 0 Å². The Morgan fingerprint density at radius 2 is 1.39 bits per heavy atom. The second-order valence-electron chi connectivity index (χ2n) is 12.3. The maximum Gasteiger partial charge on any atom is 0.326 e. The minimum atomic E-state index is -1.43. The normalized spacial score (nSPS) is 14.2. The lowest BCUT2D eigenvalue weighted by atomic mass is 10.00. The van der Waals surface area contributed by atoms with Crippen molar-refractivity contribution in [2.75, 3.05) is 6.54 Å². The van der Waals surface area contributed by atoms with E-state index >= 15 is 0 Å². The van der Waals surface area contributed by atoms with Gasteiger partial charge in [0.1, 0.15) is 24.2 Å². The van der Waals surface area contributed by atoms with E-state index in [1.807, 2.05) is 18.2 Å². The topological polar surface area (TPSA) is 302 Å². The highest BCUT2D eigenvalue weighted by Crippen LogP contribution is 2.20. The van der Waals surface area contributed by atoms with Gasteiger partial charge < -0.3 is 53.7 Å². The number of hydrogen-bond acceptors (Lipinski definition) is 9. The number of para-hydroxylation sites is 1. The molecule has 0 bridgehead atoms. The van der Waals surface area contributed by atoms with Crippen LogP contribution in [0.3, 0.4) is 0 Å². The van der Waals surface area contributed by atoms with E-state index in [-0.39, 0.29) is 38.0 Å². The number of carboxylic acid groups (broad SMARTS) is 2. The molecule has 2 rings (SSSR count). The summed E-state index contributed by atoms with van der Waals surface area (Å²) in [6.45, 7) is 3.92. The highest BCUT2D eigenvalue weighted by Gasteiger charge is 2.33. The van der Waals surface area contributed by atoms with Gasteiger partial charge in [0.15, 0.2) is 0 Å². The second-order valence-corrected chi connectivity index (χ2v) is 12.3. The second kappa shape index (κ2) is 19.7. The van der Waals surface area contributed by atoms with E-state index in [1.54, 1.807) is 26.1 Å². The number of aliphatic carboxylic acids is 2. The summed E-state index contributed by atoms with van der Waals surface area (Å²) in [5.74, 6) is -6.83. The van der Waals surface area contributed by atoms with Crippen LogP contribution >= 0.6 is 0 Å². The Morgan fingerprint density at radius 3 is 2.00 bits per heavy atom. The highest BCUT2D eigenvalue weighted by atomic mass is 16.4. The summed E-state index contributed by atoms with van der Waals surface area (Å²) in [6.07, 6.45) is 1.47. The lowest BCUT2D eigenvalue weighted by molar-refractivity contribution is -0.142. The number of carbonyl (C=O) groups is 7. The number of rotatable bonds is 22. The number of amides is 5. The van der Waals surface area contributed by atoms with Gasteiger partial charge in [0.05, 0.1) is 12.5 Å². The maximum atomic E-state index is 13.9. The van der Waals surface area contributed by atoms with Crippen LogP contribution in [-0.4, -0.2) is 93.4 Å². The number of benzene rings is 1. The molecule has 5 unspecified atom stereocenters. The lowest BCUT2D eigenvalue weighted by Crippen LogP contribution is -2.59. The Morgan fingerprint density at radius 1 is 0.796 bits per heavy atom. The van der Waals surface area contributed by atoms with E-state index in [9.17, 15) is 38.7 Å². The number of aromatic nitrogens is 1. The molecule has 2 aromatic rings. The summed E-state index contributed by atoms with van der Waals surface area (Å²) in [7, 11) is 0. The molecular formula is C32H48N8O9. The van der Waals surface area contributed by atoms with Crippen LogP contribution in [0, 0.1) is 5.92 Å². The molecule has 0 fully saturated rings. The van der Waals surface area contributed by atoms with Gasteiger partial charge >= 0.3 is 11.9 Å². The zero-order valence-electron chi connectivity index (χ0n) is 27.7. The highest BCUT2D eigenvalue weighted by molar-refractivity contribution is 5.96. The van der Waals surface area contributed by atoms with Gasteiger partial charge in [0.2, 0.25) is 29.5 Å². The molecule has 49 heavy (non-hydrogen) atoms. The van der Waals surface area contributed by atoms with Gasteiger partial charge in [-0.25, -0.2) is 4.79 Å². The van der Waals surface area contributed by atoms with Crippen LogP contribution in [-0.2, 0) is 40.0 Å². The summed E-state index contributed by atoms with van der Waals surface area (Å²) >= 11 is 0.